The second-order valence-corrected chi connectivity index (χ2v) is 7.65. The third-order valence-electron chi connectivity index (χ3n) is 4.44. The molecule has 1 saturated heterocycles. The molecule has 2 aromatic rings. The van der Waals surface area contributed by atoms with Crippen LogP contribution >= 0.6 is 11.3 Å². The molecule has 0 radical (unpaired) electrons. The molecule has 1 atom stereocenters. The van der Waals surface area contributed by atoms with Crippen molar-refractivity contribution in [1.29, 1.82) is 0 Å². The molecular weight excluding hydrogens is 320 g/mol. The molecule has 1 aromatic heterocycles. The normalized spacial score (nSPS) is 17.0. The zero-order valence-corrected chi connectivity index (χ0v) is 15.1. The topological polar surface area (TPSA) is 62.5 Å². The van der Waals surface area contributed by atoms with Crippen molar-refractivity contribution in [2.75, 3.05) is 26.2 Å². The van der Waals surface area contributed by atoms with E-state index in [0.29, 0.717) is 0 Å². The first-order valence-corrected chi connectivity index (χ1v) is 9.09. The number of aromatic nitrogens is 1. The molecule has 128 valence electrons. The van der Waals surface area contributed by atoms with Crippen LogP contribution in [0, 0.1) is 13.8 Å². The lowest BCUT2D eigenvalue weighted by Gasteiger charge is -2.35. The molecule has 6 heteroatoms. The van der Waals surface area contributed by atoms with Gasteiger partial charge in [-0.05, 0) is 19.4 Å². The minimum atomic E-state index is -0.568. The fourth-order valence-electron chi connectivity index (χ4n) is 2.94. The lowest BCUT2D eigenvalue weighted by Crippen LogP contribution is -2.50. The van der Waals surface area contributed by atoms with Crippen molar-refractivity contribution in [1.82, 2.24) is 14.8 Å². The highest BCUT2D eigenvalue weighted by molar-refractivity contribution is 7.11. The van der Waals surface area contributed by atoms with Gasteiger partial charge in [-0.15, -0.1) is 11.3 Å². The van der Waals surface area contributed by atoms with E-state index in [-0.39, 0.29) is 5.91 Å². The van der Waals surface area contributed by atoms with E-state index >= 15 is 0 Å². The summed E-state index contributed by atoms with van der Waals surface area (Å²) in [5.41, 5.74) is 8.22. The summed E-state index contributed by atoms with van der Waals surface area (Å²) in [6.45, 7) is 8.19. The van der Waals surface area contributed by atoms with Crippen LogP contribution in [-0.4, -0.2) is 46.9 Å². The number of carbonyl (C=O) groups excluding carboxylic acids is 1. The van der Waals surface area contributed by atoms with Gasteiger partial charge >= 0.3 is 0 Å². The predicted octanol–water partition coefficient (Wildman–Crippen LogP) is 2.10. The van der Waals surface area contributed by atoms with Gasteiger partial charge in [0.05, 0.1) is 5.01 Å². The predicted molar refractivity (Wildman–Crippen MR) is 96.8 cm³/mol. The Balaban J connectivity index is 1.53. The number of thiazole rings is 1. The van der Waals surface area contributed by atoms with Crippen LogP contribution in [0.4, 0.5) is 0 Å². The van der Waals surface area contributed by atoms with E-state index in [1.54, 1.807) is 11.3 Å². The SMILES string of the molecule is Cc1ccc(C(N)C(=O)N2CCN(Cc3cnc(C)s3)CC2)cc1. The molecule has 1 unspecified atom stereocenters. The van der Waals surface area contributed by atoms with Gasteiger partial charge in [-0.25, -0.2) is 4.98 Å². The van der Waals surface area contributed by atoms with Crippen molar-refractivity contribution in [3.63, 3.8) is 0 Å². The Morgan fingerprint density at radius 3 is 2.46 bits per heavy atom. The largest absolute Gasteiger partial charge is 0.338 e. The van der Waals surface area contributed by atoms with Crippen LogP contribution in [0.15, 0.2) is 30.5 Å². The maximum atomic E-state index is 12.6. The number of hydrogen-bond acceptors (Lipinski definition) is 5. The van der Waals surface area contributed by atoms with Crippen LogP contribution in [0.3, 0.4) is 0 Å². The number of nitrogens with zero attached hydrogens (tertiary/aromatic N) is 3. The van der Waals surface area contributed by atoms with Crippen molar-refractivity contribution in [2.24, 2.45) is 5.73 Å². The minimum absolute atomic E-state index is 0.0205. The van der Waals surface area contributed by atoms with Crippen LogP contribution in [-0.2, 0) is 11.3 Å². The lowest BCUT2D eigenvalue weighted by molar-refractivity contribution is -0.134. The number of piperazine rings is 1. The fraction of sp³-hybridized carbons (Fsp3) is 0.444. The summed E-state index contributed by atoms with van der Waals surface area (Å²) >= 11 is 1.74. The first-order valence-electron chi connectivity index (χ1n) is 8.27. The van der Waals surface area contributed by atoms with Gasteiger partial charge in [-0.2, -0.15) is 0 Å². The van der Waals surface area contributed by atoms with Gasteiger partial charge in [0.15, 0.2) is 0 Å². The number of rotatable bonds is 4. The van der Waals surface area contributed by atoms with Crippen LogP contribution in [0.25, 0.3) is 0 Å². The van der Waals surface area contributed by atoms with Crippen LogP contribution in [0.2, 0.25) is 0 Å². The first kappa shape index (κ1) is 17.1. The second-order valence-electron chi connectivity index (χ2n) is 6.34. The molecular formula is C18H24N4OS. The van der Waals surface area contributed by atoms with Crippen molar-refractivity contribution in [3.8, 4) is 0 Å². The van der Waals surface area contributed by atoms with Crippen LogP contribution < -0.4 is 5.73 Å². The summed E-state index contributed by atoms with van der Waals surface area (Å²) in [6, 6.07) is 7.32. The summed E-state index contributed by atoms with van der Waals surface area (Å²) < 4.78 is 0. The molecule has 0 spiro atoms. The van der Waals surface area contributed by atoms with Crippen molar-refractivity contribution >= 4 is 17.2 Å². The summed E-state index contributed by atoms with van der Waals surface area (Å²) in [6.07, 6.45) is 1.95. The van der Waals surface area contributed by atoms with Crippen molar-refractivity contribution in [3.05, 3.63) is 51.5 Å². The summed E-state index contributed by atoms with van der Waals surface area (Å²) in [7, 11) is 0. The van der Waals surface area contributed by atoms with E-state index < -0.39 is 6.04 Å². The lowest BCUT2D eigenvalue weighted by atomic mass is 10.0. The van der Waals surface area contributed by atoms with Gasteiger partial charge in [0.2, 0.25) is 5.91 Å². The number of benzene rings is 1. The molecule has 2 heterocycles. The third kappa shape index (κ3) is 4.01. The Morgan fingerprint density at radius 1 is 1.21 bits per heavy atom. The highest BCUT2D eigenvalue weighted by Crippen LogP contribution is 2.18. The van der Waals surface area contributed by atoms with E-state index in [0.717, 1.165) is 43.3 Å². The third-order valence-corrected chi connectivity index (χ3v) is 5.33. The number of nitrogens with two attached hydrogens (primary N) is 1. The number of aryl methyl sites for hydroxylation is 2. The number of hydrogen-bond donors (Lipinski definition) is 1. The van der Waals surface area contributed by atoms with Gasteiger partial charge in [-0.1, -0.05) is 29.8 Å². The molecule has 3 rings (SSSR count). The van der Waals surface area contributed by atoms with Gasteiger partial charge in [0.1, 0.15) is 6.04 Å². The van der Waals surface area contributed by atoms with E-state index in [2.05, 4.69) is 9.88 Å². The van der Waals surface area contributed by atoms with Gasteiger partial charge in [0, 0.05) is 43.8 Å². The molecule has 1 amide bonds. The van der Waals surface area contributed by atoms with Gasteiger partial charge < -0.3 is 10.6 Å². The molecule has 1 aliphatic rings. The maximum absolute atomic E-state index is 12.6. The summed E-state index contributed by atoms with van der Waals surface area (Å²) in [4.78, 5) is 22.5. The smallest absolute Gasteiger partial charge is 0.244 e. The van der Waals surface area contributed by atoms with Gasteiger partial charge in [-0.3, -0.25) is 9.69 Å². The standard InChI is InChI=1S/C18H24N4OS/c1-13-3-5-15(6-4-13)17(19)18(23)22-9-7-21(8-10-22)12-16-11-20-14(2)24-16/h3-6,11,17H,7-10,12,19H2,1-2H3. The van der Waals surface area contributed by atoms with Crippen molar-refractivity contribution in [2.45, 2.75) is 26.4 Å². The molecule has 24 heavy (non-hydrogen) atoms. The van der Waals surface area contributed by atoms with Crippen LogP contribution in [0.1, 0.15) is 27.1 Å². The Labute approximate surface area is 147 Å². The zero-order chi connectivity index (χ0) is 17.1. The van der Waals surface area contributed by atoms with E-state index in [1.807, 2.05) is 49.2 Å². The average molecular weight is 344 g/mol. The quantitative estimate of drug-likeness (QED) is 0.923. The van der Waals surface area contributed by atoms with E-state index in [9.17, 15) is 4.79 Å². The first-order chi connectivity index (χ1) is 11.5. The molecule has 1 aromatic carbocycles. The molecule has 0 aliphatic carbocycles. The summed E-state index contributed by atoms with van der Waals surface area (Å²) in [5, 5.41) is 1.10. The molecule has 0 saturated carbocycles. The highest BCUT2D eigenvalue weighted by Gasteiger charge is 2.26. The Bertz CT molecular complexity index is 689. The Morgan fingerprint density at radius 2 is 1.88 bits per heavy atom. The van der Waals surface area contributed by atoms with Crippen molar-refractivity contribution < 1.29 is 4.79 Å². The monoisotopic (exact) mass is 344 g/mol. The van der Waals surface area contributed by atoms with E-state index in [1.165, 1.54) is 10.4 Å². The number of amides is 1. The zero-order valence-electron chi connectivity index (χ0n) is 14.2. The molecule has 0 bridgehead atoms. The van der Waals surface area contributed by atoms with Gasteiger partial charge in [0.25, 0.3) is 0 Å². The Hall–Kier alpha value is -1.76. The second kappa shape index (κ2) is 7.42. The maximum Gasteiger partial charge on any atom is 0.244 e. The molecule has 1 fully saturated rings. The fourth-order valence-corrected chi connectivity index (χ4v) is 3.78. The van der Waals surface area contributed by atoms with E-state index in [4.69, 9.17) is 5.73 Å². The van der Waals surface area contributed by atoms with Crippen LogP contribution in [0.5, 0.6) is 0 Å². The molecule has 5 nitrogen and oxygen atoms in total. The number of carbonyl (C=O) groups is 1. The summed E-state index contributed by atoms with van der Waals surface area (Å²) in [5.74, 6) is 0.0205. The average Bonchev–Trinajstić information content (AvgIpc) is 3.00. The minimum Gasteiger partial charge on any atom is -0.338 e. The Kier molecular flexibility index (Phi) is 5.28. The molecule has 1 aliphatic heterocycles. The highest BCUT2D eigenvalue weighted by atomic mass is 32.1. The molecule has 2 N–H and O–H groups in total.